The average molecular weight is 253 g/mol. The van der Waals surface area contributed by atoms with E-state index in [9.17, 15) is 0 Å². The van der Waals surface area contributed by atoms with Gasteiger partial charge in [0, 0.05) is 6.21 Å². The van der Waals surface area contributed by atoms with Gasteiger partial charge in [-0.2, -0.15) is 0 Å². The van der Waals surface area contributed by atoms with Crippen LogP contribution in [0.2, 0.25) is 0 Å². The van der Waals surface area contributed by atoms with Crippen molar-refractivity contribution >= 4 is 6.21 Å². The molecule has 0 saturated heterocycles. The Morgan fingerprint density at radius 3 is 1.28 bits per heavy atom. The Hall–Kier alpha value is -0.530. The number of rotatable bonds is 1. The lowest BCUT2D eigenvalue weighted by molar-refractivity contribution is 0.316. The zero-order valence-electron chi connectivity index (χ0n) is 11.9. The van der Waals surface area contributed by atoms with Crippen LogP contribution >= 0.6 is 0 Å². The molecule has 1 aliphatic carbocycles. The maximum absolute atomic E-state index is 8.70. The highest BCUT2D eigenvalue weighted by molar-refractivity contribution is 5.59. The van der Waals surface area contributed by atoms with E-state index < -0.39 is 0 Å². The summed E-state index contributed by atoms with van der Waals surface area (Å²) in [5.74, 6) is 0.514. The van der Waals surface area contributed by atoms with Crippen molar-refractivity contribution in [2.45, 2.75) is 89.9 Å². The molecule has 1 rings (SSSR count). The molecule has 1 N–H and O–H groups in total. The van der Waals surface area contributed by atoms with Crippen molar-refractivity contribution < 1.29 is 5.21 Å². The monoisotopic (exact) mass is 253 g/mol. The minimum Gasteiger partial charge on any atom is -0.411 e. The summed E-state index contributed by atoms with van der Waals surface area (Å²) >= 11 is 0. The summed E-state index contributed by atoms with van der Waals surface area (Å²) in [6.07, 6.45) is 20.9. The van der Waals surface area contributed by atoms with Gasteiger partial charge in [0.15, 0.2) is 0 Å². The first-order valence-electron chi connectivity index (χ1n) is 8.11. The maximum Gasteiger partial charge on any atom is 0.0466 e. The Balaban J connectivity index is 2.24. The molecule has 1 saturated carbocycles. The van der Waals surface area contributed by atoms with Gasteiger partial charge in [0.2, 0.25) is 0 Å². The molecule has 1 fully saturated rings. The van der Waals surface area contributed by atoms with E-state index in [4.69, 9.17) is 5.21 Å². The molecule has 0 spiro atoms. The summed E-state index contributed by atoms with van der Waals surface area (Å²) in [4.78, 5) is 0. The van der Waals surface area contributed by atoms with Gasteiger partial charge in [0.05, 0.1) is 0 Å². The zero-order valence-corrected chi connectivity index (χ0v) is 11.9. The highest BCUT2D eigenvalue weighted by Crippen LogP contribution is 2.19. The Bertz CT molecular complexity index is 187. The van der Waals surface area contributed by atoms with Gasteiger partial charge < -0.3 is 5.21 Å². The molecular weight excluding hydrogens is 222 g/mol. The maximum atomic E-state index is 8.70. The topological polar surface area (TPSA) is 32.6 Å². The van der Waals surface area contributed by atoms with Crippen molar-refractivity contribution in [3.8, 4) is 0 Å². The van der Waals surface area contributed by atoms with E-state index >= 15 is 0 Å². The molecule has 2 heteroatoms. The molecular formula is C16H31NO. The van der Waals surface area contributed by atoms with Gasteiger partial charge in [-0.1, -0.05) is 77.0 Å². The van der Waals surface area contributed by atoms with Crippen LogP contribution in [-0.2, 0) is 0 Å². The number of hydrogen-bond acceptors (Lipinski definition) is 2. The van der Waals surface area contributed by atoms with E-state index in [-0.39, 0.29) is 0 Å². The van der Waals surface area contributed by atoms with Gasteiger partial charge in [-0.3, -0.25) is 0 Å². The number of hydrogen-bond donors (Lipinski definition) is 1. The Morgan fingerprint density at radius 2 is 0.944 bits per heavy atom. The third kappa shape index (κ3) is 8.54. The van der Waals surface area contributed by atoms with E-state index in [2.05, 4.69) is 5.16 Å². The van der Waals surface area contributed by atoms with Crippen LogP contribution in [0, 0.1) is 5.92 Å². The third-order valence-electron chi connectivity index (χ3n) is 4.18. The first-order valence-corrected chi connectivity index (χ1v) is 8.11. The van der Waals surface area contributed by atoms with Crippen LogP contribution in [0.4, 0.5) is 0 Å². The summed E-state index contributed by atoms with van der Waals surface area (Å²) in [7, 11) is 0. The molecule has 0 bridgehead atoms. The zero-order chi connectivity index (χ0) is 12.9. The van der Waals surface area contributed by atoms with Crippen molar-refractivity contribution in [3.63, 3.8) is 0 Å². The van der Waals surface area contributed by atoms with Crippen LogP contribution in [-0.4, -0.2) is 11.4 Å². The quantitative estimate of drug-likeness (QED) is 0.371. The molecule has 0 aromatic rings. The SMILES string of the molecule is ON=CC1CCCCCCCCCCCCCC1. The first kappa shape index (κ1) is 15.5. The summed E-state index contributed by atoms with van der Waals surface area (Å²) in [6, 6.07) is 0. The fourth-order valence-electron chi connectivity index (χ4n) is 2.97. The molecule has 1 aliphatic rings. The van der Waals surface area contributed by atoms with Gasteiger partial charge >= 0.3 is 0 Å². The van der Waals surface area contributed by atoms with Crippen molar-refractivity contribution in [1.82, 2.24) is 0 Å². The summed E-state index contributed by atoms with van der Waals surface area (Å²) < 4.78 is 0. The van der Waals surface area contributed by atoms with Crippen LogP contribution in [0.3, 0.4) is 0 Å². The smallest absolute Gasteiger partial charge is 0.0466 e. The Morgan fingerprint density at radius 1 is 0.611 bits per heavy atom. The molecule has 0 aromatic heterocycles. The second-order valence-corrected chi connectivity index (χ2v) is 5.84. The van der Waals surface area contributed by atoms with Crippen molar-refractivity contribution in [1.29, 1.82) is 0 Å². The summed E-state index contributed by atoms with van der Waals surface area (Å²) in [5.41, 5.74) is 0. The lowest BCUT2D eigenvalue weighted by Crippen LogP contribution is -2.02. The van der Waals surface area contributed by atoms with Crippen LogP contribution in [0.1, 0.15) is 89.9 Å². The van der Waals surface area contributed by atoms with Crippen LogP contribution in [0.25, 0.3) is 0 Å². The van der Waals surface area contributed by atoms with Crippen molar-refractivity contribution in [2.75, 3.05) is 0 Å². The minimum atomic E-state index is 0.514. The van der Waals surface area contributed by atoms with Gasteiger partial charge in [0.25, 0.3) is 0 Å². The molecule has 18 heavy (non-hydrogen) atoms. The van der Waals surface area contributed by atoms with Crippen molar-refractivity contribution in [3.05, 3.63) is 0 Å². The molecule has 0 aromatic carbocycles. The van der Waals surface area contributed by atoms with Crippen molar-refractivity contribution in [2.24, 2.45) is 11.1 Å². The first-order chi connectivity index (χ1) is 8.93. The van der Waals surface area contributed by atoms with Crippen LogP contribution in [0.5, 0.6) is 0 Å². The van der Waals surface area contributed by atoms with Gasteiger partial charge in [-0.05, 0) is 18.8 Å². The molecule has 2 nitrogen and oxygen atoms in total. The van der Waals surface area contributed by atoms with Gasteiger partial charge in [-0.25, -0.2) is 0 Å². The normalized spacial score (nSPS) is 23.6. The Labute approximate surface area is 113 Å². The molecule has 0 amide bonds. The number of nitrogens with zero attached hydrogens (tertiary/aromatic N) is 1. The molecule has 0 radical (unpaired) electrons. The largest absolute Gasteiger partial charge is 0.411 e. The lowest BCUT2D eigenvalue weighted by Gasteiger charge is -2.11. The second-order valence-electron chi connectivity index (χ2n) is 5.84. The third-order valence-corrected chi connectivity index (χ3v) is 4.18. The number of oxime groups is 1. The minimum absolute atomic E-state index is 0.514. The molecule has 0 aliphatic heterocycles. The molecule has 0 heterocycles. The van der Waals surface area contributed by atoms with Crippen LogP contribution in [0.15, 0.2) is 5.16 Å². The second kappa shape index (κ2) is 11.6. The highest BCUT2D eigenvalue weighted by atomic mass is 16.4. The molecule has 0 atom stereocenters. The van der Waals surface area contributed by atoms with E-state index in [1.807, 2.05) is 0 Å². The standard InChI is InChI=1S/C16H31NO/c18-17-15-16-13-11-9-7-5-3-1-2-4-6-8-10-12-14-16/h15-16,18H,1-14H2. The summed E-state index contributed by atoms with van der Waals surface area (Å²) in [6.45, 7) is 0. The van der Waals surface area contributed by atoms with Gasteiger partial charge in [0.1, 0.15) is 0 Å². The Kier molecular flexibility index (Phi) is 9.97. The molecule has 0 unspecified atom stereocenters. The van der Waals surface area contributed by atoms with Crippen LogP contribution < -0.4 is 0 Å². The average Bonchev–Trinajstić information content (AvgIpc) is 2.39. The fraction of sp³-hybridized carbons (Fsp3) is 0.938. The van der Waals surface area contributed by atoms with E-state index in [0.717, 1.165) is 0 Å². The predicted octanol–water partition coefficient (Wildman–Crippen LogP) is 5.54. The molecule has 106 valence electrons. The summed E-state index contributed by atoms with van der Waals surface area (Å²) in [5, 5.41) is 11.9. The van der Waals surface area contributed by atoms with E-state index in [1.165, 1.54) is 89.9 Å². The fourth-order valence-corrected chi connectivity index (χ4v) is 2.97. The lowest BCUT2D eigenvalue weighted by atomic mass is 9.95. The van der Waals surface area contributed by atoms with Gasteiger partial charge in [-0.15, -0.1) is 5.16 Å². The predicted molar refractivity (Wildman–Crippen MR) is 78.4 cm³/mol. The highest BCUT2D eigenvalue weighted by Gasteiger charge is 2.06. The van der Waals surface area contributed by atoms with E-state index in [1.54, 1.807) is 6.21 Å². The van der Waals surface area contributed by atoms with E-state index in [0.29, 0.717) is 5.92 Å².